The average Bonchev–Trinajstić information content (AvgIpc) is 2.28. The molecule has 0 saturated carbocycles. The third-order valence-electron chi connectivity index (χ3n) is 2.79. The van der Waals surface area contributed by atoms with Crippen molar-refractivity contribution in [2.24, 2.45) is 0 Å². The summed E-state index contributed by atoms with van der Waals surface area (Å²) in [5, 5.41) is 3.46. The smallest absolute Gasteiger partial charge is 0.0351 e. The first kappa shape index (κ1) is 14.5. The second-order valence-electron chi connectivity index (χ2n) is 4.57. The van der Waals surface area contributed by atoms with E-state index in [0.717, 1.165) is 17.6 Å². The lowest BCUT2D eigenvalue weighted by Gasteiger charge is -2.26. The zero-order chi connectivity index (χ0) is 12.7. The molecule has 0 atom stereocenters. The molecule has 0 aromatic heterocycles. The van der Waals surface area contributed by atoms with Crippen molar-refractivity contribution in [1.29, 1.82) is 0 Å². The van der Waals surface area contributed by atoms with Crippen molar-refractivity contribution in [3.8, 4) is 0 Å². The highest BCUT2D eigenvalue weighted by molar-refractivity contribution is 9.10. The van der Waals surface area contributed by atoms with Crippen molar-refractivity contribution < 1.29 is 0 Å². The van der Waals surface area contributed by atoms with E-state index in [1.54, 1.807) is 0 Å². The Labute approximate surface area is 114 Å². The van der Waals surface area contributed by atoms with E-state index in [2.05, 4.69) is 65.1 Å². The predicted molar refractivity (Wildman–Crippen MR) is 79.6 cm³/mol. The minimum atomic E-state index is 0.624. The van der Waals surface area contributed by atoms with Gasteiger partial charge < -0.3 is 5.32 Å². The number of nitrogens with zero attached hydrogens (tertiary/aromatic N) is 1. The van der Waals surface area contributed by atoms with E-state index >= 15 is 0 Å². The van der Waals surface area contributed by atoms with Crippen LogP contribution in [-0.4, -0.2) is 30.6 Å². The Kier molecular flexibility index (Phi) is 6.60. The summed E-state index contributed by atoms with van der Waals surface area (Å²) in [5.74, 6) is 0. The average molecular weight is 299 g/mol. The Balaban J connectivity index is 2.35. The minimum Gasteiger partial charge on any atom is -0.384 e. The number of halogens is 1. The van der Waals surface area contributed by atoms with Gasteiger partial charge in [0.2, 0.25) is 0 Å². The second-order valence-corrected chi connectivity index (χ2v) is 5.48. The molecule has 1 rings (SSSR count). The fourth-order valence-electron chi connectivity index (χ4n) is 1.86. The van der Waals surface area contributed by atoms with E-state index in [-0.39, 0.29) is 0 Å². The van der Waals surface area contributed by atoms with Crippen LogP contribution in [0.25, 0.3) is 0 Å². The maximum absolute atomic E-state index is 3.48. The standard InChI is InChI=1S/C14H23BrN2/c1-4-9-17(12(2)3)10-8-16-14-7-5-6-13(15)11-14/h5-7,11-12,16H,4,8-10H2,1-3H3. The molecule has 1 aromatic rings. The van der Waals surface area contributed by atoms with Crippen LogP contribution >= 0.6 is 15.9 Å². The van der Waals surface area contributed by atoms with Crippen molar-refractivity contribution >= 4 is 21.6 Å². The zero-order valence-corrected chi connectivity index (χ0v) is 12.6. The van der Waals surface area contributed by atoms with Gasteiger partial charge in [-0.15, -0.1) is 0 Å². The quantitative estimate of drug-likeness (QED) is 0.819. The van der Waals surface area contributed by atoms with Gasteiger partial charge in [-0.1, -0.05) is 28.9 Å². The van der Waals surface area contributed by atoms with E-state index in [9.17, 15) is 0 Å². The van der Waals surface area contributed by atoms with Crippen LogP contribution in [0.15, 0.2) is 28.7 Å². The second kappa shape index (κ2) is 7.72. The summed E-state index contributed by atoms with van der Waals surface area (Å²) in [6.45, 7) is 10.0. The highest BCUT2D eigenvalue weighted by Gasteiger charge is 2.06. The van der Waals surface area contributed by atoms with Gasteiger partial charge >= 0.3 is 0 Å². The molecule has 0 fully saturated rings. The van der Waals surface area contributed by atoms with Crippen molar-refractivity contribution in [2.45, 2.75) is 33.2 Å². The molecule has 0 bridgehead atoms. The van der Waals surface area contributed by atoms with Crippen LogP contribution in [0.3, 0.4) is 0 Å². The summed E-state index contributed by atoms with van der Waals surface area (Å²) < 4.78 is 1.12. The summed E-state index contributed by atoms with van der Waals surface area (Å²) in [6.07, 6.45) is 1.22. The van der Waals surface area contributed by atoms with Gasteiger partial charge in [-0.3, -0.25) is 4.90 Å². The molecule has 1 N–H and O–H groups in total. The first-order valence-electron chi connectivity index (χ1n) is 6.37. The number of anilines is 1. The van der Waals surface area contributed by atoms with Crippen LogP contribution in [0.4, 0.5) is 5.69 Å². The Bertz CT molecular complexity index is 326. The van der Waals surface area contributed by atoms with E-state index in [4.69, 9.17) is 0 Å². The van der Waals surface area contributed by atoms with E-state index < -0.39 is 0 Å². The molecule has 0 radical (unpaired) electrons. The lowest BCUT2D eigenvalue weighted by molar-refractivity contribution is 0.231. The van der Waals surface area contributed by atoms with Gasteiger partial charge in [0.25, 0.3) is 0 Å². The van der Waals surface area contributed by atoms with Gasteiger partial charge in [-0.05, 0) is 45.0 Å². The summed E-state index contributed by atoms with van der Waals surface area (Å²) in [5.41, 5.74) is 1.18. The van der Waals surface area contributed by atoms with Crippen molar-refractivity contribution in [1.82, 2.24) is 4.90 Å². The minimum absolute atomic E-state index is 0.624. The van der Waals surface area contributed by atoms with Gasteiger partial charge in [-0.2, -0.15) is 0 Å². The van der Waals surface area contributed by atoms with Gasteiger partial charge in [0, 0.05) is 29.3 Å². The SMILES string of the molecule is CCCN(CCNc1cccc(Br)c1)C(C)C. The van der Waals surface area contributed by atoms with Gasteiger partial charge in [0.05, 0.1) is 0 Å². The Morgan fingerprint density at radius 2 is 2.06 bits per heavy atom. The molecular weight excluding hydrogens is 276 g/mol. The molecule has 0 heterocycles. The number of nitrogens with one attached hydrogen (secondary N) is 1. The van der Waals surface area contributed by atoms with Crippen LogP contribution < -0.4 is 5.32 Å². The first-order chi connectivity index (χ1) is 8.13. The summed E-state index contributed by atoms with van der Waals surface area (Å²) >= 11 is 3.48. The van der Waals surface area contributed by atoms with Crippen LogP contribution in [-0.2, 0) is 0 Å². The zero-order valence-electron chi connectivity index (χ0n) is 11.0. The third-order valence-corrected chi connectivity index (χ3v) is 3.29. The normalized spacial score (nSPS) is 11.2. The maximum Gasteiger partial charge on any atom is 0.0351 e. The topological polar surface area (TPSA) is 15.3 Å². The van der Waals surface area contributed by atoms with Crippen molar-refractivity contribution in [2.75, 3.05) is 25.0 Å². The largest absolute Gasteiger partial charge is 0.384 e. The maximum atomic E-state index is 3.48. The Morgan fingerprint density at radius 3 is 2.65 bits per heavy atom. The Hall–Kier alpha value is -0.540. The fourth-order valence-corrected chi connectivity index (χ4v) is 2.26. The van der Waals surface area contributed by atoms with Crippen LogP contribution in [0, 0.1) is 0 Å². The number of hydrogen-bond donors (Lipinski definition) is 1. The molecule has 1 aromatic carbocycles. The summed E-state index contributed by atoms with van der Waals surface area (Å²) in [6, 6.07) is 8.94. The highest BCUT2D eigenvalue weighted by atomic mass is 79.9. The molecule has 0 aliphatic rings. The lowest BCUT2D eigenvalue weighted by Crippen LogP contribution is -2.35. The first-order valence-corrected chi connectivity index (χ1v) is 7.16. The number of rotatable bonds is 7. The molecule has 0 unspecified atom stereocenters. The van der Waals surface area contributed by atoms with E-state index in [0.29, 0.717) is 6.04 Å². The highest BCUT2D eigenvalue weighted by Crippen LogP contribution is 2.15. The van der Waals surface area contributed by atoms with Crippen LogP contribution in [0.1, 0.15) is 27.2 Å². The monoisotopic (exact) mass is 298 g/mol. The van der Waals surface area contributed by atoms with E-state index in [1.165, 1.54) is 18.7 Å². The fraction of sp³-hybridized carbons (Fsp3) is 0.571. The van der Waals surface area contributed by atoms with Gasteiger partial charge in [0.15, 0.2) is 0 Å². The number of hydrogen-bond acceptors (Lipinski definition) is 2. The molecule has 0 spiro atoms. The number of benzene rings is 1. The predicted octanol–water partition coefficient (Wildman–Crippen LogP) is 3.98. The molecule has 3 heteroatoms. The molecule has 2 nitrogen and oxygen atoms in total. The molecule has 96 valence electrons. The van der Waals surface area contributed by atoms with Crippen molar-refractivity contribution in [3.63, 3.8) is 0 Å². The summed E-state index contributed by atoms with van der Waals surface area (Å²) in [7, 11) is 0. The Morgan fingerprint density at radius 1 is 1.29 bits per heavy atom. The molecule has 0 saturated heterocycles. The van der Waals surface area contributed by atoms with Gasteiger partial charge in [-0.25, -0.2) is 0 Å². The van der Waals surface area contributed by atoms with E-state index in [1.807, 2.05) is 6.07 Å². The van der Waals surface area contributed by atoms with Crippen molar-refractivity contribution in [3.05, 3.63) is 28.7 Å². The molecule has 0 amide bonds. The third kappa shape index (κ3) is 5.55. The van der Waals surface area contributed by atoms with Crippen LogP contribution in [0.2, 0.25) is 0 Å². The molecule has 0 aliphatic heterocycles. The van der Waals surface area contributed by atoms with Crippen LogP contribution in [0.5, 0.6) is 0 Å². The summed E-state index contributed by atoms with van der Waals surface area (Å²) in [4.78, 5) is 2.50. The molecular formula is C14H23BrN2. The molecule has 0 aliphatic carbocycles. The lowest BCUT2D eigenvalue weighted by atomic mass is 10.3. The molecule has 17 heavy (non-hydrogen) atoms. The van der Waals surface area contributed by atoms with Gasteiger partial charge in [0.1, 0.15) is 0 Å².